The van der Waals surface area contributed by atoms with Gasteiger partial charge in [-0.05, 0) is 18.2 Å². The quantitative estimate of drug-likeness (QED) is 0.815. The van der Waals surface area contributed by atoms with E-state index in [1.54, 1.807) is 6.07 Å². The summed E-state index contributed by atoms with van der Waals surface area (Å²) in [4.78, 5) is 10.6. The minimum absolute atomic E-state index is 0.264. The molecule has 0 amide bonds. The van der Waals surface area contributed by atoms with E-state index in [2.05, 4.69) is 0 Å². The molecule has 2 nitrogen and oxygen atoms in total. The van der Waals surface area contributed by atoms with Gasteiger partial charge in [0.25, 0.3) is 0 Å². The number of rotatable bonds is 1. The fraction of sp³-hybridized carbons (Fsp3) is 0. The number of halogens is 2. The van der Waals surface area contributed by atoms with E-state index in [4.69, 9.17) is 16.7 Å². The molecule has 0 saturated heterocycles. The smallest absolute Gasteiger partial charge is 0.338 e. The van der Waals surface area contributed by atoms with Crippen LogP contribution >= 0.6 is 22.9 Å². The molecule has 5 heteroatoms. The van der Waals surface area contributed by atoms with Crippen molar-refractivity contribution >= 4 is 39.0 Å². The summed E-state index contributed by atoms with van der Waals surface area (Å²) < 4.78 is 14.6. The number of hydrogen-bond acceptors (Lipinski definition) is 2. The van der Waals surface area contributed by atoms with E-state index in [1.807, 2.05) is 0 Å². The second kappa shape index (κ2) is 3.22. The molecule has 0 unspecified atom stereocenters. The third kappa shape index (κ3) is 1.36. The van der Waals surface area contributed by atoms with Crippen LogP contribution < -0.4 is 0 Å². The largest absolute Gasteiger partial charge is 0.478 e. The van der Waals surface area contributed by atoms with Crippen molar-refractivity contribution in [1.82, 2.24) is 0 Å². The number of benzene rings is 1. The first-order valence-electron chi connectivity index (χ1n) is 3.70. The lowest BCUT2D eigenvalue weighted by Crippen LogP contribution is -1.99. The average molecular weight is 231 g/mol. The van der Waals surface area contributed by atoms with Gasteiger partial charge in [-0.1, -0.05) is 11.6 Å². The summed E-state index contributed by atoms with van der Waals surface area (Å²) in [6.45, 7) is 0. The standard InChI is InChI=1S/C9H4ClFO2S/c10-7-3-5-6(14-7)2-1-4(8(5)11)9(12)13/h1-3H,(H,12,13). The Morgan fingerprint density at radius 1 is 1.50 bits per heavy atom. The highest BCUT2D eigenvalue weighted by atomic mass is 35.5. The van der Waals surface area contributed by atoms with Crippen LogP contribution in [0.2, 0.25) is 4.34 Å². The van der Waals surface area contributed by atoms with Gasteiger partial charge in [0, 0.05) is 10.1 Å². The number of aromatic carboxylic acids is 1. The van der Waals surface area contributed by atoms with Gasteiger partial charge in [-0.2, -0.15) is 0 Å². The van der Waals surface area contributed by atoms with Crippen molar-refractivity contribution in [2.45, 2.75) is 0 Å². The molecule has 1 aromatic heterocycles. The maximum Gasteiger partial charge on any atom is 0.338 e. The Kier molecular flexibility index (Phi) is 2.17. The van der Waals surface area contributed by atoms with Crippen LogP contribution in [0.15, 0.2) is 18.2 Å². The fourth-order valence-corrected chi connectivity index (χ4v) is 2.35. The Hall–Kier alpha value is -1.13. The molecule has 0 bridgehead atoms. The maximum atomic E-state index is 13.5. The highest BCUT2D eigenvalue weighted by Crippen LogP contribution is 2.32. The average Bonchev–Trinajstić information content (AvgIpc) is 2.46. The van der Waals surface area contributed by atoms with Crippen LogP contribution in [0.25, 0.3) is 10.1 Å². The van der Waals surface area contributed by atoms with Gasteiger partial charge in [-0.15, -0.1) is 11.3 Å². The first-order chi connectivity index (χ1) is 6.59. The number of hydrogen-bond donors (Lipinski definition) is 1. The van der Waals surface area contributed by atoms with E-state index >= 15 is 0 Å². The van der Waals surface area contributed by atoms with E-state index in [1.165, 1.54) is 23.5 Å². The molecule has 0 atom stereocenters. The first-order valence-corrected chi connectivity index (χ1v) is 4.90. The van der Waals surface area contributed by atoms with Gasteiger partial charge in [-0.3, -0.25) is 0 Å². The highest BCUT2D eigenvalue weighted by molar-refractivity contribution is 7.22. The van der Waals surface area contributed by atoms with Gasteiger partial charge in [0.1, 0.15) is 5.82 Å². The van der Waals surface area contributed by atoms with Crippen molar-refractivity contribution in [3.05, 3.63) is 33.9 Å². The van der Waals surface area contributed by atoms with Crippen molar-refractivity contribution in [2.75, 3.05) is 0 Å². The van der Waals surface area contributed by atoms with Gasteiger partial charge >= 0.3 is 5.97 Å². The highest BCUT2D eigenvalue weighted by Gasteiger charge is 2.14. The van der Waals surface area contributed by atoms with Crippen molar-refractivity contribution in [3.63, 3.8) is 0 Å². The predicted molar refractivity (Wildman–Crippen MR) is 53.8 cm³/mol. The number of carboxylic acids is 1. The number of carboxylic acid groups (broad SMARTS) is 1. The molecule has 0 aliphatic heterocycles. The molecule has 1 heterocycles. The maximum absolute atomic E-state index is 13.5. The Morgan fingerprint density at radius 2 is 2.21 bits per heavy atom. The van der Waals surface area contributed by atoms with Gasteiger partial charge < -0.3 is 5.11 Å². The molecule has 0 fully saturated rings. The molecule has 2 aromatic rings. The van der Waals surface area contributed by atoms with Gasteiger partial charge in [-0.25, -0.2) is 9.18 Å². The van der Waals surface area contributed by atoms with Crippen LogP contribution in [-0.2, 0) is 0 Å². The van der Waals surface area contributed by atoms with Crippen molar-refractivity contribution in [1.29, 1.82) is 0 Å². The van der Waals surface area contributed by atoms with E-state index in [0.29, 0.717) is 9.04 Å². The normalized spacial score (nSPS) is 10.7. The Balaban J connectivity index is 2.80. The molecule has 0 saturated carbocycles. The SMILES string of the molecule is O=C(O)c1ccc2sc(Cl)cc2c1F. The summed E-state index contributed by atoms with van der Waals surface area (Å²) in [6.07, 6.45) is 0. The van der Waals surface area contributed by atoms with Gasteiger partial charge in [0.2, 0.25) is 0 Å². The second-order valence-corrected chi connectivity index (χ2v) is 4.41. The molecular weight excluding hydrogens is 227 g/mol. The molecule has 0 aliphatic rings. The Morgan fingerprint density at radius 3 is 2.86 bits per heavy atom. The second-order valence-electron chi connectivity index (χ2n) is 2.69. The molecule has 14 heavy (non-hydrogen) atoms. The monoisotopic (exact) mass is 230 g/mol. The molecule has 0 radical (unpaired) electrons. The van der Waals surface area contributed by atoms with Crippen molar-refractivity contribution < 1.29 is 14.3 Å². The molecule has 72 valence electrons. The minimum Gasteiger partial charge on any atom is -0.478 e. The Bertz CT molecular complexity index is 521. The molecule has 0 aliphatic carbocycles. The minimum atomic E-state index is -1.27. The third-order valence-electron chi connectivity index (χ3n) is 1.84. The number of thiophene rings is 1. The zero-order valence-corrected chi connectivity index (χ0v) is 8.32. The predicted octanol–water partition coefficient (Wildman–Crippen LogP) is 3.39. The Labute approximate surface area is 87.5 Å². The van der Waals surface area contributed by atoms with Crippen LogP contribution in [-0.4, -0.2) is 11.1 Å². The van der Waals surface area contributed by atoms with Crippen molar-refractivity contribution in [2.24, 2.45) is 0 Å². The van der Waals surface area contributed by atoms with Crippen LogP contribution in [0.3, 0.4) is 0 Å². The lowest BCUT2D eigenvalue weighted by molar-refractivity contribution is 0.0692. The van der Waals surface area contributed by atoms with Gasteiger partial charge in [0.05, 0.1) is 9.90 Å². The molecule has 2 rings (SSSR count). The van der Waals surface area contributed by atoms with E-state index in [9.17, 15) is 9.18 Å². The van der Waals surface area contributed by atoms with E-state index < -0.39 is 11.8 Å². The molecular formula is C9H4ClFO2S. The molecule has 1 N–H and O–H groups in total. The first kappa shape index (κ1) is 9.43. The third-order valence-corrected chi connectivity index (χ3v) is 3.06. The lowest BCUT2D eigenvalue weighted by Gasteiger charge is -1.97. The van der Waals surface area contributed by atoms with Crippen LogP contribution in [0, 0.1) is 5.82 Å². The van der Waals surface area contributed by atoms with Gasteiger partial charge in [0.15, 0.2) is 0 Å². The summed E-state index contributed by atoms with van der Waals surface area (Å²) in [5.74, 6) is -2.00. The van der Waals surface area contributed by atoms with E-state index in [-0.39, 0.29) is 10.9 Å². The molecule has 0 spiro atoms. The van der Waals surface area contributed by atoms with Crippen LogP contribution in [0.4, 0.5) is 4.39 Å². The summed E-state index contributed by atoms with van der Waals surface area (Å²) in [7, 11) is 0. The zero-order valence-electron chi connectivity index (χ0n) is 6.75. The summed E-state index contributed by atoms with van der Waals surface area (Å²) >= 11 is 6.91. The van der Waals surface area contributed by atoms with Crippen LogP contribution in [0.1, 0.15) is 10.4 Å². The number of carbonyl (C=O) groups is 1. The number of fused-ring (bicyclic) bond motifs is 1. The fourth-order valence-electron chi connectivity index (χ4n) is 1.21. The van der Waals surface area contributed by atoms with Crippen molar-refractivity contribution in [3.8, 4) is 0 Å². The van der Waals surface area contributed by atoms with E-state index in [0.717, 1.165) is 0 Å². The summed E-state index contributed by atoms with van der Waals surface area (Å²) in [6, 6.07) is 4.23. The molecule has 1 aromatic carbocycles. The summed E-state index contributed by atoms with van der Waals surface area (Å²) in [5.41, 5.74) is -0.327. The lowest BCUT2D eigenvalue weighted by atomic mass is 10.1. The zero-order chi connectivity index (χ0) is 10.3. The topological polar surface area (TPSA) is 37.3 Å². The van der Waals surface area contributed by atoms with Crippen LogP contribution in [0.5, 0.6) is 0 Å². The summed E-state index contributed by atoms with van der Waals surface area (Å²) in [5, 5.41) is 8.93.